The molecule has 2 aromatic rings. The molecule has 1 heterocycles. The summed E-state index contributed by atoms with van der Waals surface area (Å²) in [5.41, 5.74) is 8.77. The van der Waals surface area contributed by atoms with Gasteiger partial charge in [-0.1, -0.05) is 6.07 Å². The molecule has 1 aliphatic rings. The number of aromatic nitrogens is 3. The largest absolute Gasteiger partial charge is 0.486 e. The molecule has 0 unspecified atom stereocenters. The predicted octanol–water partition coefficient (Wildman–Crippen LogP) is 2.77. The van der Waals surface area contributed by atoms with Gasteiger partial charge >= 0.3 is 0 Å². The molecule has 0 bridgehead atoms. The van der Waals surface area contributed by atoms with E-state index >= 15 is 0 Å². The minimum atomic E-state index is 0.136. The molecule has 2 N–H and O–H groups in total. The van der Waals surface area contributed by atoms with Crippen LogP contribution in [0.25, 0.3) is 0 Å². The zero-order chi connectivity index (χ0) is 14.8. The van der Waals surface area contributed by atoms with Crippen molar-refractivity contribution in [3.8, 4) is 5.75 Å². The minimum absolute atomic E-state index is 0.136. The van der Waals surface area contributed by atoms with Crippen molar-refractivity contribution in [1.29, 1.82) is 0 Å². The van der Waals surface area contributed by atoms with E-state index in [-0.39, 0.29) is 12.1 Å². The summed E-state index contributed by atoms with van der Waals surface area (Å²) in [6, 6.07) is 6.65. The second kappa shape index (κ2) is 5.85. The molecule has 0 fully saturated rings. The summed E-state index contributed by atoms with van der Waals surface area (Å²) >= 11 is 0. The molecule has 3 rings (SSSR count). The maximum Gasteiger partial charge on any atom is 0.165 e. The van der Waals surface area contributed by atoms with Gasteiger partial charge in [-0.05, 0) is 56.4 Å². The second-order valence-electron chi connectivity index (χ2n) is 5.86. The number of ether oxygens (including phenoxy) is 1. The van der Waals surface area contributed by atoms with Crippen molar-refractivity contribution in [3.05, 3.63) is 41.5 Å². The topological polar surface area (TPSA) is 66.0 Å². The number of benzene rings is 1. The molecule has 21 heavy (non-hydrogen) atoms. The van der Waals surface area contributed by atoms with Gasteiger partial charge in [0.1, 0.15) is 18.7 Å². The van der Waals surface area contributed by atoms with E-state index in [0.29, 0.717) is 6.61 Å². The van der Waals surface area contributed by atoms with Crippen molar-refractivity contribution in [2.24, 2.45) is 5.73 Å². The van der Waals surface area contributed by atoms with Crippen LogP contribution >= 0.6 is 0 Å². The minimum Gasteiger partial charge on any atom is -0.486 e. The number of hydrogen-bond donors (Lipinski definition) is 1. The van der Waals surface area contributed by atoms with Crippen molar-refractivity contribution in [2.45, 2.75) is 51.8 Å². The van der Waals surface area contributed by atoms with E-state index in [1.165, 1.54) is 17.5 Å². The van der Waals surface area contributed by atoms with Gasteiger partial charge in [0.15, 0.2) is 5.82 Å². The lowest BCUT2D eigenvalue weighted by Crippen LogP contribution is -2.17. The number of aryl methyl sites for hydroxylation is 1. The average Bonchev–Trinajstić information content (AvgIpc) is 2.94. The SMILES string of the molecule is CC(C)n1ncnc1COc1ccc2c(c1)[C@H](N)CCC2. The van der Waals surface area contributed by atoms with E-state index < -0.39 is 0 Å². The molecule has 5 heteroatoms. The van der Waals surface area contributed by atoms with Crippen LogP contribution in [0.5, 0.6) is 5.75 Å². The van der Waals surface area contributed by atoms with Gasteiger partial charge in [-0.2, -0.15) is 5.10 Å². The highest BCUT2D eigenvalue weighted by Gasteiger charge is 2.17. The molecule has 0 spiro atoms. The number of fused-ring (bicyclic) bond motifs is 1. The molecule has 0 aliphatic heterocycles. The molecule has 1 aromatic heterocycles. The van der Waals surface area contributed by atoms with Gasteiger partial charge in [-0.15, -0.1) is 0 Å². The molecule has 0 radical (unpaired) electrons. The summed E-state index contributed by atoms with van der Waals surface area (Å²) in [6.07, 6.45) is 4.91. The third kappa shape index (κ3) is 2.93. The third-order valence-electron chi connectivity index (χ3n) is 3.98. The van der Waals surface area contributed by atoms with Crippen molar-refractivity contribution in [3.63, 3.8) is 0 Å². The van der Waals surface area contributed by atoms with Gasteiger partial charge < -0.3 is 10.5 Å². The lowest BCUT2D eigenvalue weighted by Gasteiger charge is -2.22. The van der Waals surface area contributed by atoms with Crippen LogP contribution in [-0.2, 0) is 13.0 Å². The fourth-order valence-electron chi connectivity index (χ4n) is 2.86. The first-order chi connectivity index (χ1) is 10.1. The summed E-state index contributed by atoms with van der Waals surface area (Å²) in [4.78, 5) is 4.26. The highest BCUT2D eigenvalue weighted by molar-refractivity contribution is 5.39. The van der Waals surface area contributed by atoms with E-state index in [2.05, 4.69) is 36.1 Å². The first-order valence-electron chi connectivity index (χ1n) is 7.54. The monoisotopic (exact) mass is 286 g/mol. The van der Waals surface area contributed by atoms with Crippen molar-refractivity contribution < 1.29 is 4.74 Å². The van der Waals surface area contributed by atoms with E-state index in [4.69, 9.17) is 10.5 Å². The van der Waals surface area contributed by atoms with E-state index in [1.54, 1.807) is 6.33 Å². The van der Waals surface area contributed by atoms with Crippen LogP contribution in [0.15, 0.2) is 24.5 Å². The smallest absolute Gasteiger partial charge is 0.165 e. The van der Waals surface area contributed by atoms with Gasteiger partial charge in [-0.3, -0.25) is 0 Å². The van der Waals surface area contributed by atoms with Crippen LogP contribution in [-0.4, -0.2) is 14.8 Å². The number of hydrogen-bond acceptors (Lipinski definition) is 4. The Morgan fingerprint density at radius 3 is 3.10 bits per heavy atom. The molecule has 0 saturated heterocycles. The normalized spacial score (nSPS) is 17.8. The van der Waals surface area contributed by atoms with E-state index in [0.717, 1.165) is 24.4 Å². The van der Waals surface area contributed by atoms with Crippen LogP contribution in [0.1, 0.15) is 55.7 Å². The van der Waals surface area contributed by atoms with Gasteiger partial charge in [-0.25, -0.2) is 9.67 Å². The van der Waals surface area contributed by atoms with E-state index in [1.807, 2.05) is 10.7 Å². The van der Waals surface area contributed by atoms with Gasteiger partial charge in [0.05, 0.1) is 0 Å². The van der Waals surface area contributed by atoms with Crippen LogP contribution in [0.4, 0.5) is 0 Å². The average molecular weight is 286 g/mol. The Hall–Kier alpha value is -1.88. The van der Waals surface area contributed by atoms with Crippen LogP contribution in [0.2, 0.25) is 0 Å². The summed E-state index contributed by atoms with van der Waals surface area (Å²) in [7, 11) is 0. The summed E-state index contributed by atoms with van der Waals surface area (Å²) < 4.78 is 7.76. The highest BCUT2D eigenvalue weighted by atomic mass is 16.5. The standard InChI is InChI=1S/C16H22N4O/c1-11(2)20-16(18-10-19-20)9-21-13-7-6-12-4-3-5-15(17)14(12)8-13/h6-8,10-11,15H,3-5,9,17H2,1-2H3/t15-/m1/s1. The van der Waals surface area contributed by atoms with Crippen LogP contribution in [0, 0.1) is 0 Å². The Morgan fingerprint density at radius 1 is 1.43 bits per heavy atom. The molecular formula is C16H22N4O. The summed E-state index contributed by atoms with van der Waals surface area (Å²) in [6.45, 7) is 4.58. The van der Waals surface area contributed by atoms with Crippen LogP contribution in [0.3, 0.4) is 0 Å². The molecule has 1 aromatic carbocycles. The Bertz CT molecular complexity index is 620. The first-order valence-corrected chi connectivity index (χ1v) is 7.54. The Labute approximate surface area is 125 Å². The van der Waals surface area contributed by atoms with Gasteiger partial charge in [0, 0.05) is 12.1 Å². The number of nitrogens with two attached hydrogens (primary N) is 1. The maximum atomic E-state index is 6.19. The fraction of sp³-hybridized carbons (Fsp3) is 0.500. The highest BCUT2D eigenvalue weighted by Crippen LogP contribution is 2.31. The lowest BCUT2D eigenvalue weighted by molar-refractivity contribution is 0.281. The molecule has 5 nitrogen and oxygen atoms in total. The molecular weight excluding hydrogens is 264 g/mol. The van der Waals surface area contributed by atoms with Gasteiger partial charge in [0.2, 0.25) is 0 Å². The Morgan fingerprint density at radius 2 is 2.29 bits per heavy atom. The zero-order valence-electron chi connectivity index (χ0n) is 12.6. The maximum absolute atomic E-state index is 6.19. The Kier molecular flexibility index (Phi) is 3.92. The first kappa shape index (κ1) is 14.1. The predicted molar refractivity (Wildman–Crippen MR) is 81.0 cm³/mol. The summed E-state index contributed by atoms with van der Waals surface area (Å²) in [5.74, 6) is 1.69. The molecule has 0 amide bonds. The second-order valence-corrected chi connectivity index (χ2v) is 5.86. The van der Waals surface area contributed by atoms with Crippen molar-refractivity contribution >= 4 is 0 Å². The van der Waals surface area contributed by atoms with Crippen molar-refractivity contribution in [2.75, 3.05) is 0 Å². The molecule has 112 valence electrons. The summed E-state index contributed by atoms with van der Waals surface area (Å²) in [5, 5.41) is 4.22. The number of rotatable bonds is 4. The van der Waals surface area contributed by atoms with Crippen molar-refractivity contribution in [1.82, 2.24) is 14.8 Å². The van der Waals surface area contributed by atoms with Crippen LogP contribution < -0.4 is 10.5 Å². The van der Waals surface area contributed by atoms with E-state index in [9.17, 15) is 0 Å². The molecule has 1 aliphatic carbocycles. The number of nitrogens with zero attached hydrogens (tertiary/aromatic N) is 3. The Balaban J connectivity index is 1.74. The zero-order valence-corrected chi connectivity index (χ0v) is 12.6. The third-order valence-corrected chi connectivity index (χ3v) is 3.98. The van der Waals surface area contributed by atoms with Gasteiger partial charge in [0.25, 0.3) is 0 Å². The fourth-order valence-corrected chi connectivity index (χ4v) is 2.86. The molecule has 1 atom stereocenters. The molecule has 0 saturated carbocycles. The quantitative estimate of drug-likeness (QED) is 0.938. The lowest BCUT2D eigenvalue weighted by atomic mass is 9.88.